The first-order valence-corrected chi connectivity index (χ1v) is 9.02. The number of nitro groups is 1. The standard InChI is InChI=1S/C22H18N4O3/c1-14-10-11-17(12-15(14)2)25-21-20(26(27)28)22(24-13-23-21)29-19-9-5-7-16-6-3-4-8-18(16)19/h3-13H,1-2H3,(H,23,24,25). The van der Waals surface area contributed by atoms with Crippen LogP contribution in [0.4, 0.5) is 17.2 Å². The number of anilines is 2. The molecule has 29 heavy (non-hydrogen) atoms. The van der Waals surface area contributed by atoms with Gasteiger partial charge in [-0.2, -0.15) is 4.98 Å². The van der Waals surface area contributed by atoms with E-state index in [2.05, 4.69) is 15.3 Å². The third-order valence-electron chi connectivity index (χ3n) is 4.70. The van der Waals surface area contributed by atoms with Gasteiger partial charge in [-0.05, 0) is 48.6 Å². The molecular formula is C22H18N4O3. The lowest BCUT2D eigenvalue weighted by Crippen LogP contribution is -2.04. The van der Waals surface area contributed by atoms with Crippen molar-refractivity contribution in [3.8, 4) is 11.6 Å². The average Bonchev–Trinajstić information content (AvgIpc) is 2.71. The summed E-state index contributed by atoms with van der Waals surface area (Å²) in [4.78, 5) is 19.4. The quantitative estimate of drug-likeness (QED) is 0.350. The lowest BCUT2D eigenvalue weighted by atomic mass is 10.1. The molecule has 4 aromatic rings. The zero-order valence-electron chi connectivity index (χ0n) is 15.9. The Morgan fingerprint density at radius 1 is 0.966 bits per heavy atom. The zero-order valence-corrected chi connectivity index (χ0v) is 15.9. The largest absolute Gasteiger partial charge is 0.433 e. The van der Waals surface area contributed by atoms with Gasteiger partial charge in [-0.1, -0.05) is 42.5 Å². The van der Waals surface area contributed by atoms with Crippen LogP contribution in [0, 0.1) is 24.0 Å². The highest BCUT2D eigenvalue weighted by atomic mass is 16.6. The van der Waals surface area contributed by atoms with Crippen LogP contribution in [0.3, 0.4) is 0 Å². The molecule has 0 amide bonds. The molecule has 0 fully saturated rings. The minimum Gasteiger partial charge on any atom is -0.433 e. The average molecular weight is 386 g/mol. The van der Waals surface area contributed by atoms with Crippen LogP contribution in [-0.4, -0.2) is 14.9 Å². The minimum absolute atomic E-state index is 0.0727. The number of nitrogens with zero attached hydrogens (tertiary/aromatic N) is 3. The number of ether oxygens (including phenoxy) is 1. The Bertz CT molecular complexity index is 1220. The Labute approximate surface area is 167 Å². The van der Waals surface area contributed by atoms with Gasteiger partial charge in [-0.3, -0.25) is 10.1 Å². The molecule has 7 nitrogen and oxygen atoms in total. The number of benzene rings is 3. The molecule has 0 saturated heterocycles. The van der Waals surface area contributed by atoms with Gasteiger partial charge in [0.05, 0.1) is 4.92 Å². The smallest absolute Gasteiger partial charge is 0.373 e. The summed E-state index contributed by atoms with van der Waals surface area (Å²) in [6.45, 7) is 3.98. The third kappa shape index (κ3) is 3.70. The van der Waals surface area contributed by atoms with E-state index in [9.17, 15) is 10.1 Å². The van der Waals surface area contributed by atoms with Crippen LogP contribution in [-0.2, 0) is 0 Å². The number of hydrogen-bond acceptors (Lipinski definition) is 6. The summed E-state index contributed by atoms with van der Waals surface area (Å²) >= 11 is 0. The van der Waals surface area contributed by atoms with Crippen LogP contribution < -0.4 is 10.1 Å². The van der Waals surface area contributed by atoms with Crippen LogP contribution in [0.1, 0.15) is 11.1 Å². The molecule has 4 rings (SSSR count). The predicted octanol–water partition coefficient (Wildman–Crippen LogP) is 5.69. The van der Waals surface area contributed by atoms with E-state index >= 15 is 0 Å². The molecule has 1 N–H and O–H groups in total. The van der Waals surface area contributed by atoms with E-state index in [0.29, 0.717) is 11.4 Å². The number of rotatable bonds is 5. The van der Waals surface area contributed by atoms with E-state index in [1.807, 2.05) is 68.4 Å². The number of aromatic nitrogens is 2. The molecule has 1 aromatic heterocycles. The molecule has 144 valence electrons. The SMILES string of the molecule is Cc1ccc(Nc2ncnc(Oc3cccc4ccccc34)c2[N+](=O)[O-])cc1C. The third-order valence-corrected chi connectivity index (χ3v) is 4.70. The summed E-state index contributed by atoms with van der Waals surface area (Å²) in [7, 11) is 0. The van der Waals surface area contributed by atoms with Gasteiger partial charge in [0.25, 0.3) is 0 Å². The van der Waals surface area contributed by atoms with Crippen LogP contribution in [0.5, 0.6) is 11.6 Å². The lowest BCUT2D eigenvalue weighted by molar-refractivity contribution is -0.385. The van der Waals surface area contributed by atoms with E-state index in [0.717, 1.165) is 21.9 Å². The molecule has 1 heterocycles. The summed E-state index contributed by atoms with van der Waals surface area (Å²) in [5.74, 6) is 0.443. The maximum atomic E-state index is 11.8. The number of nitrogens with one attached hydrogen (secondary N) is 1. The molecule has 0 saturated carbocycles. The maximum Gasteiger partial charge on any atom is 0.373 e. The molecule has 3 aromatic carbocycles. The highest BCUT2D eigenvalue weighted by molar-refractivity contribution is 5.88. The van der Waals surface area contributed by atoms with Crippen molar-refractivity contribution in [2.45, 2.75) is 13.8 Å². The van der Waals surface area contributed by atoms with Gasteiger partial charge in [-0.15, -0.1) is 0 Å². The van der Waals surface area contributed by atoms with Crippen LogP contribution in [0.2, 0.25) is 0 Å². The van der Waals surface area contributed by atoms with Crippen molar-refractivity contribution < 1.29 is 9.66 Å². The molecule has 0 atom stereocenters. The van der Waals surface area contributed by atoms with E-state index < -0.39 is 4.92 Å². The highest BCUT2D eigenvalue weighted by Crippen LogP contribution is 2.37. The first kappa shape index (κ1) is 18.4. The Kier molecular flexibility index (Phi) is 4.78. The van der Waals surface area contributed by atoms with Gasteiger partial charge in [-0.25, -0.2) is 4.98 Å². The topological polar surface area (TPSA) is 90.2 Å². The number of hydrogen-bond donors (Lipinski definition) is 1. The fourth-order valence-corrected chi connectivity index (χ4v) is 3.04. The Hall–Kier alpha value is -4.00. The van der Waals surface area contributed by atoms with Gasteiger partial charge < -0.3 is 10.1 Å². The maximum absolute atomic E-state index is 11.8. The van der Waals surface area contributed by atoms with Gasteiger partial charge in [0.2, 0.25) is 5.82 Å². The van der Waals surface area contributed by atoms with Crippen molar-refractivity contribution in [1.29, 1.82) is 0 Å². The molecule has 0 unspecified atom stereocenters. The van der Waals surface area contributed by atoms with Crippen molar-refractivity contribution in [2.75, 3.05) is 5.32 Å². The monoisotopic (exact) mass is 386 g/mol. The summed E-state index contributed by atoms with van der Waals surface area (Å²) in [6, 6.07) is 18.9. The van der Waals surface area contributed by atoms with Crippen molar-refractivity contribution in [3.63, 3.8) is 0 Å². The van der Waals surface area contributed by atoms with E-state index in [4.69, 9.17) is 4.74 Å². The zero-order chi connectivity index (χ0) is 20.4. The number of fused-ring (bicyclic) bond motifs is 1. The van der Waals surface area contributed by atoms with Crippen LogP contribution >= 0.6 is 0 Å². The van der Waals surface area contributed by atoms with Gasteiger partial charge in [0.15, 0.2) is 0 Å². The van der Waals surface area contributed by atoms with Crippen LogP contribution in [0.25, 0.3) is 10.8 Å². The van der Waals surface area contributed by atoms with Crippen molar-refractivity contribution in [2.24, 2.45) is 0 Å². The van der Waals surface area contributed by atoms with Gasteiger partial charge in [0.1, 0.15) is 12.1 Å². The Morgan fingerprint density at radius 3 is 2.55 bits per heavy atom. The second kappa shape index (κ2) is 7.55. The van der Waals surface area contributed by atoms with E-state index in [-0.39, 0.29) is 17.4 Å². The first-order chi connectivity index (χ1) is 14.0. The van der Waals surface area contributed by atoms with Gasteiger partial charge in [0, 0.05) is 11.1 Å². The fourth-order valence-electron chi connectivity index (χ4n) is 3.04. The number of aryl methyl sites for hydroxylation is 2. The molecule has 0 spiro atoms. The van der Waals surface area contributed by atoms with E-state index in [1.165, 1.54) is 6.33 Å². The lowest BCUT2D eigenvalue weighted by Gasteiger charge is -2.11. The van der Waals surface area contributed by atoms with Gasteiger partial charge >= 0.3 is 11.6 Å². The van der Waals surface area contributed by atoms with Crippen molar-refractivity contribution in [3.05, 3.63) is 88.2 Å². The van der Waals surface area contributed by atoms with Crippen molar-refractivity contribution in [1.82, 2.24) is 9.97 Å². The molecular weight excluding hydrogens is 368 g/mol. The normalized spacial score (nSPS) is 10.7. The molecule has 0 radical (unpaired) electrons. The summed E-state index contributed by atoms with van der Waals surface area (Å²) in [5.41, 5.74) is 2.58. The van der Waals surface area contributed by atoms with Crippen molar-refractivity contribution >= 4 is 28.0 Å². The van der Waals surface area contributed by atoms with Crippen LogP contribution in [0.15, 0.2) is 67.0 Å². The van der Waals surface area contributed by atoms with E-state index in [1.54, 1.807) is 6.07 Å². The molecule has 0 bridgehead atoms. The summed E-state index contributed by atoms with van der Waals surface area (Å²) in [6.07, 6.45) is 1.25. The predicted molar refractivity (Wildman–Crippen MR) is 112 cm³/mol. The molecule has 0 aliphatic rings. The second-order valence-electron chi connectivity index (χ2n) is 6.64. The summed E-state index contributed by atoms with van der Waals surface area (Å²) < 4.78 is 5.87. The molecule has 0 aliphatic carbocycles. The minimum atomic E-state index is -0.538. The molecule has 0 aliphatic heterocycles. The summed E-state index contributed by atoms with van der Waals surface area (Å²) in [5, 5.41) is 16.6. The Balaban J connectivity index is 1.75. The first-order valence-electron chi connectivity index (χ1n) is 9.02. The highest BCUT2D eigenvalue weighted by Gasteiger charge is 2.25. The molecule has 7 heteroatoms. The fraction of sp³-hybridized carbons (Fsp3) is 0.0909. The Morgan fingerprint density at radius 2 is 1.76 bits per heavy atom. The second-order valence-corrected chi connectivity index (χ2v) is 6.64.